The van der Waals surface area contributed by atoms with Gasteiger partial charge in [0.25, 0.3) is 0 Å². The number of fused-ring (bicyclic) bond motifs is 1. The molecule has 2 aliphatic rings. The predicted octanol–water partition coefficient (Wildman–Crippen LogP) is 1.80. The molecule has 1 aliphatic carbocycles. The van der Waals surface area contributed by atoms with Crippen LogP contribution in [-0.4, -0.2) is 34.3 Å². The van der Waals surface area contributed by atoms with E-state index in [2.05, 4.69) is 4.72 Å². The van der Waals surface area contributed by atoms with E-state index >= 15 is 0 Å². The number of methoxy groups -OCH3 is 1. The third kappa shape index (κ3) is 2.41. The fourth-order valence-electron chi connectivity index (χ4n) is 2.81. The van der Waals surface area contributed by atoms with Gasteiger partial charge in [-0.2, -0.15) is 0 Å². The standard InChI is InChI=1S/C13H16ClNO4S/c1-18-12-3-2-8(6-10(12)14)20(16,17)15-11-7-13-9(11)4-5-19-13/h2-3,6,9,11,13,15H,4-5,7H2,1H3/t9-,11+,13+/m1/s1. The Hall–Kier alpha value is -0.820. The molecule has 110 valence electrons. The van der Waals surface area contributed by atoms with Crippen molar-refractivity contribution in [1.29, 1.82) is 0 Å². The highest BCUT2D eigenvalue weighted by atomic mass is 35.5. The molecule has 0 amide bonds. The van der Waals surface area contributed by atoms with Gasteiger partial charge in [-0.3, -0.25) is 0 Å². The quantitative estimate of drug-likeness (QED) is 0.919. The van der Waals surface area contributed by atoms with E-state index < -0.39 is 10.0 Å². The van der Waals surface area contributed by atoms with Gasteiger partial charge in [-0.15, -0.1) is 0 Å². The molecule has 1 saturated carbocycles. The molecule has 3 rings (SSSR count). The monoisotopic (exact) mass is 317 g/mol. The summed E-state index contributed by atoms with van der Waals surface area (Å²) in [7, 11) is -2.06. The summed E-state index contributed by atoms with van der Waals surface area (Å²) >= 11 is 5.97. The molecule has 0 unspecified atom stereocenters. The second kappa shape index (κ2) is 5.18. The van der Waals surface area contributed by atoms with Crippen molar-refractivity contribution < 1.29 is 17.9 Å². The van der Waals surface area contributed by atoms with Gasteiger partial charge in [0.1, 0.15) is 5.75 Å². The number of nitrogens with one attached hydrogen (secondary N) is 1. The Morgan fingerprint density at radius 1 is 1.45 bits per heavy atom. The summed E-state index contributed by atoms with van der Waals surface area (Å²) < 4.78 is 37.9. The normalized spacial score (nSPS) is 28.8. The average molecular weight is 318 g/mol. The van der Waals surface area contributed by atoms with E-state index in [1.165, 1.54) is 19.2 Å². The van der Waals surface area contributed by atoms with Gasteiger partial charge in [-0.25, -0.2) is 13.1 Å². The lowest BCUT2D eigenvalue weighted by molar-refractivity contribution is 0.0143. The highest BCUT2D eigenvalue weighted by Crippen LogP contribution is 2.39. The fourth-order valence-corrected chi connectivity index (χ4v) is 4.46. The SMILES string of the molecule is COc1ccc(S(=O)(=O)N[C@H]2C[C@@H]3OCC[C@H]23)cc1Cl. The van der Waals surface area contributed by atoms with Crippen LogP contribution in [0.4, 0.5) is 0 Å². The van der Waals surface area contributed by atoms with E-state index in [1.54, 1.807) is 6.07 Å². The zero-order valence-electron chi connectivity index (χ0n) is 11.0. The van der Waals surface area contributed by atoms with Crippen LogP contribution in [0, 0.1) is 5.92 Å². The van der Waals surface area contributed by atoms with E-state index in [0.717, 1.165) is 19.4 Å². The van der Waals surface area contributed by atoms with E-state index in [0.29, 0.717) is 11.7 Å². The Labute approximate surface area is 123 Å². The van der Waals surface area contributed by atoms with E-state index in [4.69, 9.17) is 21.1 Å². The smallest absolute Gasteiger partial charge is 0.240 e. The molecule has 1 aromatic rings. The second-order valence-electron chi connectivity index (χ2n) is 5.12. The second-order valence-corrected chi connectivity index (χ2v) is 7.24. The van der Waals surface area contributed by atoms with Crippen LogP contribution in [-0.2, 0) is 14.8 Å². The first kappa shape index (κ1) is 14.1. The maximum absolute atomic E-state index is 12.3. The lowest BCUT2D eigenvalue weighted by Crippen LogP contribution is -2.53. The van der Waals surface area contributed by atoms with Gasteiger partial charge in [0.2, 0.25) is 10.0 Å². The van der Waals surface area contributed by atoms with Crippen LogP contribution in [0.2, 0.25) is 5.02 Å². The van der Waals surface area contributed by atoms with Gasteiger partial charge in [-0.05, 0) is 31.0 Å². The highest BCUT2D eigenvalue weighted by Gasteiger charge is 2.46. The van der Waals surface area contributed by atoms with Crippen molar-refractivity contribution in [3.8, 4) is 5.75 Å². The van der Waals surface area contributed by atoms with Crippen molar-refractivity contribution in [3.63, 3.8) is 0 Å². The van der Waals surface area contributed by atoms with E-state index in [1.807, 2.05) is 0 Å². The molecule has 0 aromatic heterocycles. The van der Waals surface area contributed by atoms with E-state index in [9.17, 15) is 8.42 Å². The molecule has 1 saturated heterocycles. The summed E-state index contributed by atoms with van der Waals surface area (Å²) in [6.07, 6.45) is 1.89. The fraction of sp³-hybridized carbons (Fsp3) is 0.538. The Bertz CT molecular complexity index is 619. The minimum Gasteiger partial charge on any atom is -0.495 e. The molecule has 1 aliphatic heterocycles. The molecule has 2 fully saturated rings. The van der Waals surface area contributed by atoms with Crippen molar-refractivity contribution in [1.82, 2.24) is 4.72 Å². The first-order valence-corrected chi connectivity index (χ1v) is 8.35. The van der Waals surface area contributed by atoms with Crippen molar-refractivity contribution in [2.24, 2.45) is 5.92 Å². The number of hydrogen-bond acceptors (Lipinski definition) is 4. The largest absolute Gasteiger partial charge is 0.495 e. The number of ether oxygens (including phenoxy) is 2. The first-order chi connectivity index (χ1) is 9.51. The Morgan fingerprint density at radius 3 is 2.90 bits per heavy atom. The Kier molecular flexibility index (Phi) is 3.66. The van der Waals surface area contributed by atoms with Gasteiger partial charge in [-0.1, -0.05) is 11.6 Å². The van der Waals surface area contributed by atoms with Crippen LogP contribution >= 0.6 is 11.6 Å². The van der Waals surface area contributed by atoms with Crippen LogP contribution in [0.3, 0.4) is 0 Å². The maximum atomic E-state index is 12.3. The lowest BCUT2D eigenvalue weighted by atomic mass is 9.77. The summed E-state index contributed by atoms with van der Waals surface area (Å²) in [5.41, 5.74) is 0. The number of sulfonamides is 1. The van der Waals surface area contributed by atoms with Crippen LogP contribution in [0.5, 0.6) is 5.75 Å². The number of benzene rings is 1. The molecular formula is C13H16ClNO4S. The van der Waals surface area contributed by atoms with Crippen LogP contribution in [0.1, 0.15) is 12.8 Å². The van der Waals surface area contributed by atoms with E-state index in [-0.39, 0.29) is 22.1 Å². The molecule has 20 heavy (non-hydrogen) atoms. The third-order valence-corrected chi connectivity index (χ3v) is 5.79. The summed E-state index contributed by atoms with van der Waals surface area (Å²) in [6.45, 7) is 0.724. The molecule has 0 spiro atoms. The molecule has 1 heterocycles. The predicted molar refractivity (Wildman–Crippen MR) is 74.6 cm³/mol. The van der Waals surface area contributed by atoms with Crippen LogP contribution in [0.15, 0.2) is 23.1 Å². The Balaban J connectivity index is 1.76. The average Bonchev–Trinajstić information content (AvgIpc) is 2.77. The number of halogens is 1. The third-order valence-electron chi connectivity index (χ3n) is 4.00. The van der Waals surface area contributed by atoms with Crippen molar-refractivity contribution in [2.45, 2.75) is 29.9 Å². The summed E-state index contributed by atoms with van der Waals surface area (Å²) in [6, 6.07) is 4.42. The van der Waals surface area contributed by atoms with Crippen LogP contribution in [0.25, 0.3) is 0 Å². The number of rotatable bonds is 4. The molecular weight excluding hydrogens is 302 g/mol. The van der Waals surface area contributed by atoms with Crippen molar-refractivity contribution in [2.75, 3.05) is 13.7 Å². The molecule has 0 radical (unpaired) electrons. The van der Waals surface area contributed by atoms with Gasteiger partial charge in [0.05, 0.1) is 23.1 Å². The maximum Gasteiger partial charge on any atom is 0.240 e. The topological polar surface area (TPSA) is 64.6 Å². The van der Waals surface area contributed by atoms with Crippen molar-refractivity contribution in [3.05, 3.63) is 23.2 Å². The van der Waals surface area contributed by atoms with Gasteiger partial charge in [0.15, 0.2) is 0 Å². The summed E-state index contributed by atoms with van der Waals surface area (Å²) in [5, 5.41) is 0.283. The molecule has 3 atom stereocenters. The molecule has 1 N–H and O–H groups in total. The molecule has 5 nitrogen and oxygen atoms in total. The lowest BCUT2D eigenvalue weighted by Gasteiger charge is -2.39. The minimum atomic E-state index is -3.55. The summed E-state index contributed by atoms with van der Waals surface area (Å²) in [4.78, 5) is 0.158. The minimum absolute atomic E-state index is 0.0339. The summed E-state index contributed by atoms with van der Waals surface area (Å²) in [5.74, 6) is 0.761. The first-order valence-electron chi connectivity index (χ1n) is 6.49. The van der Waals surface area contributed by atoms with Crippen molar-refractivity contribution >= 4 is 21.6 Å². The highest BCUT2D eigenvalue weighted by molar-refractivity contribution is 7.89. The van der Waals surface area contributed by atoms with Crippen LogP contribution < -0.4 is 9.46 Å². The molecule has 1 aromatic carbocycles. The van der Waals surface area contributed by atoms with Gasteiger partial charge >= 0.3 is 0 Å². The zero-order valence-corrected chi connectivity index (χ0v) is 12.6. The van der Waals surface area contributed by atoms with Gasteiger partial charge < -0.3 is 9.47 Å². The molecule has 0 bridgehead atoms. The Morgan fingerprint density at radius 2 is 2.25 bits per heavy atom. The van der Waals surface area contributed by atoms with Gasteiger partial charge in [0, 0.05) is 18.6 Å². The zero-order chi connectivity index (χ0) is 14.3. The number of hydrogen-bond donors (Lipinski definition) is 1. The molecule has 7 heteroatoms.